The van der Waals surface area contributed by atoms with Gasteiger partial charge in [0.25, 0.3) is 0 Å². The van der Waals surface area contributed by atoms with Gasteiger partial charge in [0.2, 0.25) is 6.29 Å². The third-order valence-electron chi connectivity index (χ3n) is 2.89. The van der Waals surface area contributed by atoms with Crippen molar-refractivity contribution in [2.24, 2.45) is 0 Å². The normalized spacial score (nSPS) is 32.9. The molecule has 1 aliphatic rings. The number of carbonyl (C=O) groups is 1. The standard InChI is InChI=1S/C11H15NO8S/c1-4(14)6-2-12-11(21-6)20-19-10-9(17)8(16)7(15)5(3-13)18-10/h2,5,7-10,13,15-17H,3H2,1H3/t5-,7-,8+,9+,10-/m1/s1. The molecule has 4 N–H and O–H groups in total. The molecule has 9 nitrogen and oxygen atoms in total. The maximum absolute atomic E-state index is 11.1. The van der Waals surface area contributed by atoms with Crippen molar-refractivity contribution in [2.45, 2.75) is 37.6 Å². The first-order valence-electron chi connectivity index (χ1n) is 6.04. The largest absolute Gasteiger partial charge is 0.394 e. The number of aromatic nitrogens is 1. The molecule has 1 aliphatic heterocycles. The molecule has 0 bridgehead atoms. The summed E-state index contributed by atoms with van der Waals surface area (Å²) in [5.74, 6) is -0.185. The van der Waals surface area contributed by atoms with Crippen LogP contribution in [-0.2, 0) is 9.62 Å². The third kappa shape index (κ3) is 3.55. The minimum Gasteiger partial charge on any atom is -0.394 e. The number of ether oxygens (including phenoxy) is 1. The lowest BCUT2D eigenvalue weighted by atomic mass is 9.99. The van der Waals surface area contributed by atoms with E-state index in [-0.39, 0.29) is 11.0 Å². The highest BCUT2D eigenvalue weighted by molar-refractivity contribution is 7.15. The molecule has 1 aromatic heterocycles. The van der Waals surface area contributed by atoms with Gasteiger partial charge in [-0.3, -0.25) is 4.79 Å². The summed E-state index contributed by atoms with van der Waals surface area (Å²) in [5, 5.41) is 37.9. The molecule has 21 heavy (non-hydrogen) atoms. The van der Waals surface area contributed by atoms with Gasteiger partial charge in [0.05, 0.1) is 17.7 Å². The second-order valence-electron chi connectivity index (χ2n) is 4.42. The van der Waals surface area contributed by atoms with E-state index in [4.69, 9.17) is 19.6 Å². The number of rotatable bonds is 5. The Morgan fingerprint density at radius 1 is 1.38 bits per heavy atom. The highest BCUT2D eigenvalue weighted by Crippen LogP contribution is 2.25. The van der Waals surface area contributed by atoms with Crippen molar-refractivity contribution in [2.75, 3.05) is 6.61 Å². The number of nitrogens with zero attached hydrogens (tertiary/aromatic N) is 1. The number of Topliss-reactive ketones (excluding diaryl/α,β-unsaturated/α-hetero) is 1. The van der Waals surface area contributed by atoms with E-state index >= 15 is 0 Å². The van der Waals surface area contributed by atoms with Crippen molar-refractivity contribution in [1.82, 2.24) is 4.98 Å². The summed E-state index contributed by atoms with van der Waals surface area (Å²) >= 11 is 0.932. The van der Waals surface area contributed by atoms with Crippen molar-refractivity contribution in [3.8, 4) is 5.19 Å². The molecule has 0 aliphatic carbocycles. The van der Waals surface area contributed by atoms with E-state index in [9.17, 15) is 20.1 Å². The van der Waals surface area contributed by atoms with E-state index in [0.29, 0.717) is 4.88 Å². The van der Waals surface area contributed by atoms with Gasteiger partial charge in [-0.1, -0.05) is 11.3 Å². The highest BCUT2D eigenvalue weighted by atomic mass is 32.1. The van der Waals surface area contributed by atoms with E-state index in [0.717, 1.165) is 11.3 Å². The van der Waals surface area contributed by atoms with Gasteiger partial charge in [-0.25, -0.2) is 4.98 Å². The lowest BCUT2D eigenvalue weighted by molar-refractivity contribution is -0.386. The fourth-order valence-corrected chi connectivity index (χ4v) is 2.31. The zero-order chi connectivity index (χ0) is 15.6. The van der Waals surface area contributed by atoms with Crippen LogP contribution in [0, 0.1) is 0 Å². The van der Waals surface area contributed by atoms with Crippen molar-refractivity contribution < 1.29 is 39.7 Å². The number of carbonyl (C=O) groups excluding carboxylic acids is 1. The fourth-order valence-electron chi connectivity index (χ4n) is 1.69. The van der Waals surface area contributed by atoms with Gasteiger partial charge in [-0.05, 0) is 0 Å². The van der Waals surface area contributed by atoms with Crippen LogP contribution < -0.4 is 4.89 Å². The molecule has 0 radical (unpaired) electrons. The van der Waals surface area contributed by atoms with Crippen LogP contribution in [0.4, 0.5) is 0 Å². The SMILES string of the molecule is CC(=O)c1cnc(OO[C@H]2O[C@H](CO)[C@@H](O)[C@H](O)[C@@H]2O)s1. The molecule has 1 aromatic rings. The summed E-state index contributed by atoms with van der Waals surface area (Å²) in [7, 11) is 0. The maximum atomic E-state index is 11.1. The maximum Gasteiger partial charge on any atom is 0.313 e. The van der Waals surface area contributed by atoms with Gasteiger partial charge in [-0.15, -0.1) is 0 Å². The lowest BCUT2D eigenvalue weighted by Gasteiger charge is -2.38. The van der Waals surface area contributed by atoms with Gasteiger partial charge >= 0.3 is 5.19 Å². The number of ketones is 1. The Labute approximate surface area is 123 Å². The van der Waals surface area contributed by atoms with Crippen LogP contribution in [0.2, 0.25) is 0 Å². The summed E-state index contributed by atoms with van der Waals surface area (Å²) in [6, 6.07) is 0. The number of thiazole rings is 1. The molecule has 0 spiro atoms. The molecular weight excluding hydrogens is 306 g/mol. The molecule has 1 saturated heterocycles. The average molecular weight is 321 g/mol. The zero-order valence-corrected chi connectivity index (χ0v) is 11.8. The second-order valence-corrected chi connectivity index (χ2v) is 5.42. The Hall–Kier alpha value is -1.14. The quantitative estimate of drug-likeness (QED) is 0.288. The summed E-state index contributed by atoms with van der Waals surface area (Å²) in [6.45, 7) is 0.798. The van der Waals surface area contributed by atoms with Crippen LogP contribution in [0.5, 0.6) is 5.19 Å². The summed E-state index contributed by atoms with van der Waals surface area (Å²) in [5.41, 5.74) is 0. The Kier molecular flexibility index (Phi) is 5.22. The molecule has 2 rings (SSSR count). The van der Waals surface area contributed by atoms with Crippen LogP contribution in [0.3, 0.4) is 0 Å². The van der Waals surface area contributed by atoms with Crippen molar-refractivity contribution in [3.05, 3.63) is 11.1 Å². The molecule has 10 heteroatoms. The summed E-state index contributed by atoms with van der Waals surface area (Å²) in [6.07, 6.45) is -5.83. The van der Waals surface area contributed by atoms with Gasteiger partial charge in [0.15, 0.2) is 5.78 Å². The number of hydrogen-bond donors (Lipinski definition) is 4. The Balaban J connectivity index is 1.96. The van der Waals surface area contributed by atoms with Gasteiger partial charge in [0, 0.05) is 6.92 Å². The Morgan fingerprint density at radius 3 is 2.67 bits per heavy atom. The molecule has 0 unspecified atom stereocenters. The van der Waals surface area contributed by atoms with E-state index < -0.39 is 37.3 Å². The van der Waals surface area contributed by atoms with Gasteiger partial charge in [-0.2, -0.15) is 4.89 Å². The first kappa shape index (κ1) is 16.2. The molecule has 2 heterocycles. The van der Waals surface area contributed by atoms with Crippen LogP contribution in [0.25, 0.3) is 0 Å². The van der Waals surface area contributed by atoms with Crippen molar-refractivity contribution in [3.63, 3.8) is 0 Å². The molecule has 1 fully saturated rings. The molecule has 0 aromatic carbocycles. The number of hydrogen-bond acceptors (Lipinski definition) is 10. The number of aliphatic hydroxyl groups excluding tert-OH is 4. The van der Waals surface area contributed by atoms with Gasteiger partial charge < -0.3 is 30.1 Å². The van der Waals surface area contributed by atoms with E-state index in [1.807, 2.05) is 0 Å². The van der Waals surface area contributed by atoms with Gasteiger partial charge in [0.1, 0.15) is 24.4 Å². The topological polar surface area (TPSA) is 139 Å². The van der Waals surface area contributed by atoms with Crippen LogP contribution >= 0.6 is 11.3 Å². The monoisotopic (exact) mass is 321 g/mol. The fraction of sp³-hybridized carbons (Fsp3) is 0.636. The van der Waals surface area contributed by atoms with E-state index in [2.05, 4.69) is 4.98 Å². The summed E-state index contributed by atoms with van der Waals surface area (Å²) in [4.78, 5) is 24.9. The predicted molar refractivity (Wildman–Crippen MR) is 67.6 cm³/mol. The van der Waals surface area contributed by atoms with Crippen molar-refractivity contribution >= 4 is 17.1 Å². The molecule has 5 atom stereocenters. The molecular formula is C11H15NO8S. The Bertz CT molecular complexity index is 492. The minimum absolute atomic E-state index is 0.0113. The Morgan fingerprint density at radius 2 is 2.10 bits per heavy atom. The summed E-state index contributed by atoms with van der Waals surface area (Å²) < 4.78 is 5.06. The van der Waals surface area contributed by atoms with Crippen LogP contribution in [-0.4, -0.2) is 68.5 Å². The molecule has 0 saturated carbocycles. The molecule has 0 amide bonds. The van der Waals surface area contributed by atoms with E-state index in [1.165, 1.54) is 13.1 Å². The first-order chi connectivity index (χ1) is 9.93. The first-order valence-corrected chi connectivity index (χ1v) is 6.86. The highest BCUT2D eigenvalue weighted by Gasteiger charge is 2.45. The third-order valence-corrected chi connectivity index (χ3v) is 3.86. The zero-order valence-electron chi connectivity index (χ0n) is 10.9. The van der Waals surface area contributed by atoms with Crippen molar-refractivity contribution in [1.29, 1.82) is 0 Å². The predicted octanol–water partition coefficient (Wildman–Crippen LogP) is -1.54. The van der Waals surface area contributed by atoms with Crippen LogP contribution in [0.1, 0.15) is 16.6 Å². The smallest absolute Gasteiger partial charge is 0.313 e. The minimum atomic E-state index is -1.57. The van der Waals surface area contributed by atoms with E-state index in [1.54, 1.807) is 0 Å². The second kappa shape index (κ2) is 6.75. The average Bonchev–Trinajstić information content (AvgIpc) is 2.93. The lowest BCUT2D eigenvalue weighted by Crippen LogP contribution is -2.59. The van der Waals surface area contributed by atoms with Crippen LogP contribution in [0.15, 0.2) is 6.20 Å². The number of aliphatic hydroxyl groups is 4. The molecule has 118 valence electrons.